The van der Waals surface area contributed by atoms with E-state index in [0.29, 0.717) is 43.8 Å². The number of aromatic nitrogens is 2. The van der Waals surface area contributed by atoms with E-state index in [4.69, 9.17) is 14.9 Å². The van der Waals surface area contributed by atoms with Crippen molar-refractivity contribution in [3.63, 3.8) is 0 Å². The lowest BCUT2D eigenvalue weighted by molar-refractivity contribution is 0.0937. The number of ether oxygens (including phenoxy) is 1. The highest BCUT2D eigenvalue weighted by Gasteiger charge is 2.21. The van der Waals surface area contributed by atoms with Crippen LogP contribution in [0.5, 0.6) is 5.75 Å². The van der Waals surface area contributed by atoms with Gasteiger partial charge in [0.25, 0.3) is 0 Å². The Kier molecular flexibility index (Phi) is 6.47. The van der Waals surface area contributed by atoms with E-state index in [9.17, 15) is 9.90 Å². The van der Waals surface area contributed by atoms with Crippen molar-refractivity contribution in [1.82, 2.24) is 20.2 Å². The molecule has 0 unspecified atom stereocenters. The molecule has 0 radical (unpaired) electrons. The first-order valence-corrected chi connectivity index (χ1v) is 10.4. The topological polar surface area (TPSA) is 120 Å². The number of anilines is 1. The lowest BCUT2D eigenvalue weighted by Gasteiger charge is -2.11. The summed E-state index contributed by atoms with van der Waals surface area (Å²) in [5, 5.41) is 35.4. The largest absolute Gasteiger partial charge is 0.507 e. The van der Waals surface area contributed by atoms with Crippen LogP contribution >= 0.6 is 0 Å². The molecule has 9 nitrogen and oxygen atoms in total. The van der Waals surface area contributed by atoms with Gasteiger partial charge in [0.05, 0.1) is 47.3 Å². The summed E-state index contributed by atoms with van der Waals surface area (Å²) in [4.78, 5) is 13.4. The second-order valence-corrected chi connectivity index (χ2v) is 7.29. The minimum Gasteiger partial charge on any atom is -0.507 e. The second kappa shape index (κ2) is 9.44. The number of hydrogen-bond donors (Lipinski definition) is 5. The van der Waals surface area contributed by atoms with Gasteiger partial charge in [-0.3, -0.25) is 4.79 Å². The van der Waals surface area contributed by atoms with E-state index in [1.807, 2.05) is 19.2 Å². The van der Waals surface area contributed by atoms with Gasteiger partial charge in [0.15, 0.2) is 0 Å². The van der Waals surface area contributed by atoms with Gasteiger partial charge in [-0.05, 0) is 31.3 Å². The van der Waals surface area contributed by atoms with Crippen LogP contribution in [0.4, 0.5) is 5.69 Å². The number of nitrogens with one attached hydrogen (secondary N) is 3. The van der Waals surface area contributed by atoms with Crippen LogP contribution in [0.1, 0.15) is 5.69 Å². The summed E-state index contributed by atoms with van der Waals surface area (Å²) in [6.45, 7) is 3.32. The van der Waals surface area contributed by atoms with Crippen LogP contribution < -0.4 is 21.4 Å². The Bertz CT molecular complexity index is 1240. The fourth-order valence-electron chi connectivity index (χ4n) is 3.85. The van der Waals surface area contributed by atoms with Crippen LogP contribution in [0, 0.1) is 0 Å². The molecule has 0 saturated carbocycles. The smallest absolute Gasteiger partial charge is 0.203 e. The highest BCUT2D eigenvalue weighted by molar-refractivity contribution is 6.09. The molecule has 31 heavy (non-hydrogen) atoms. The average Bonchev–Trinajstić information content (AvgIpc) is 3.14. The van der Waals surface area contributed by atoms with Gasteiger partial charge in [0.2, 0.25) is 5.43 Å². The van der Waals surface area contributed by atoms with Gasteiger partial charge in [0.1, 0.15) is 5.75 Å². The van der Waals surface area contributed by atoms with Crippen molar-refractivity contribution in [2.75, 3.05) is 51.8 Å². The fourth-order valence-corrected chi connectivity index (χ4v) is 3.85. The Morgan fingerprint density at radius 1 is 1.10 bits per heavy atom. The summed E-state index contributed by atoms with van der Waals surface area (Å²) in [7, 11) is 1.87. The number of rotatable bonds is 11. The maximum absolute atomic E-state index is 13.4. The SMILES string of the molecule is CNCCNc1ccc2c(CNCCOCCO)nn3c4cccc(O)c4c(=O)c1c23. The predicted molar refractivity (Wildman–Crippen MR) is 121 cm³/mol. The van der Waals surface area contributed by atoms with Gasteiger partial charge in [-0.2, -0.15) is 5.10 Å². The number of phenols is 1. The second-order valence-electron chi connectivity index (χ2n) is 7.29. The van der Waals surface area contributed by atoms with E-state index >= 15 is 0 Å². The third kappa shape index (κ3) is 4.00. The molecule has 0 aliphatic carbocycles. The summed E-state index contributed by atoms with van der Waals surface area (Å²) >= 11 is 0. The molecule has 0 aliphatic heterocycles. The molecule has 9 heteroatoms. The van der Waals surface area contributed by atoms with E-state index < -0.39 is 0 Å². The van der Waals surface area contributed by atoms with E-state index in [1.165, 1.54) is 6.07 Å². The quantitative estimate of drug-likeness (QED) is 0.177. The molecule has 164 valence electrons. The third-order valence-corrected chi connectivity index (χ3v) is 5.27. The molecular weight excluding hydrogens is 398 g/mol. The number of aliphatic hydroxyl groups excluding tert-OH is 1. The van der Waals surface area contributed by atoms with Crippen molar-refractivity contribution >= 4 is 32.9 Å². The molecule has 0 amide bonds. The van der Waals surface area contributed by atoms with Crippen LogP contribution in [0.25, 0.3) is 27.2 Å². The molecule has 0 saturated heterocycles. The van der Waals surface area contributed by atoms with Gasteiger partial charge < -0.3 is 30.9 Å². The summed E-state index contributed by atoms with van der Waals surface area (Å²) in [6.07, 6.45) is 0. The Morgan fingerprint density at radius 3 is 2.77 bits per heavy atom. The summed E-state index contributed by atoms with van der Waals surface area (Å²) < 4.78 is 7.03. The molecule has 0 spiro atoms. The minimum atomic E-state index is -0.213. The summed E-state index contributed by atoms with van der Waals surface area (Å²) in [5.41, 5.74) is 2.64. The van der Waals surface area contributed by atoms with Crippen LogP contribution in [0.15, 0.2) is 35.1 Å². The highest BCUT2D eigenvalue weighted by Crippen LogP contribution is 2.33. The number of phenolic OH excluding ortho intramolecular Hbond substituents is 1. The van der Waals surface area contributed by atoms with Gasteiger partial charge in [-0.1, -0.05) is 6.07 Å². The Balaban J connectivity index is 1.81. The highest BCUT2D eigenvalue weighted by atomic mass is 16.5. The normalized spacial score (nSPS) is 11.8. The first-order valence-electron chi connectivity index (χ1n) is 10.4. The van der Waals surface area contributed by atoms with Gasteiger partial charge in [0, 0.05) is 37.3 Å². The third-order valence-electron chi connectivity index (χ3n) is 5.27. The molecule has 4 rings (SSSR count). The number of hydrogen-bond acceptors (Lipinski definition) is 8. The fraction of sp³-hybridized carbons (Fsp3) is 0.364. The first kappa shape index (κ1) is 21.3. The van der Waals surface area contributed by atoms with Crippen molar-refractivity contribution in [2.45, 2.75) is 6.54 Å². The van der Waals surface area contributed by atoms with Crippen LogP contribution in [-0.4, -0.2) is 66.3 Å². The Morgan fingerprint density at radius 2 is 1.97 bits per heavy atom. The zero-order valence-electron chi connectivity index (χ0n) is 17.4. The van der Waals surface area contributed by atoms with Gasteiger partial charge in [-0.25, -0.2) is 4.52 Å². The summed E-state index contributed by atoms with van der Waals surface area (Å²) in [5.74, 6) is -0.0532. The van der Waals surface area contributed by atoms with Gasteiger partial charge in [-0.15, -0.1) is 0 Å². The Labute approximate surface area is 179 Å². The number of aromatic hydroxyl groups is 1. The zero-order chi connectivity index (χ0) is 21.8. The maximum atomic E-state index is 13.4. The van der Waals surface area contributed by atoms with Crippen molar-refractivity contribution in [1.29, 1.82) is 0 Å². The molecule has 4 aromatic rings. The maximum Gasteiger partial charge on any atom is 0.203 e. The van der Waals surface area contributed by atoms with E-state index in [2.05, 4.69) is 16.0 Å². The number of benzene rings is 2. The van der Waals surface area contributed by atoms with Gasteiger partial charge >= 0.3 is 0 Å². The lowest BCUT2D eigenvalue weighted by Crippen LogP contribution is -2.20. The predicted octanol–water partition coefficient (Wildman–Crippen LogP) is 0.874. The molecule has 0 aliphatic rings. The molecular formula is C22H27N5O4. The molecule has 0 bridgehead atoms. The van der Waals surface area contributed by atoms with E-state index in [1.54, 1.807) is 16.6 Å². The Hall–Kier alpha value is -2.98. The standard InChI is InChI=1S/C22H27N5O4/c1-23-7-8-25-15-6-5-14-16(13-24-9-11-31-12-10-28)26-27-17-3-2-4-18(29)20(17)22(30)19(15)21(14)27/h2-6,23-25,28-29H,7-13H2,1H3. The van der Waals surface area contributed by atoms with Crippen molar-refractivity contribution in [2.24, 2.45) is 0 Å². The monoisotopic (exact) mass is 425 g/mol. The van der Waals surface area contributed by atoms with Crippen molar-refractivity contribution < 1.29 is 14.9 Å². The van der Waals surface area contributed by atoms with E-state index in [0.717, 1.165) is 28.8 Å². The van der Waals surface area contributed by atoms with Crippen LogP contribution in [-0.2, 0) is 11.3 Å². The molecule has 5 N–H and O–H groups in total. The number of pyridine rings is 1. The van der Waals surface area contributed by atoms with E-state index in [-0.39, 0.29) is 23.2 Å². The number of likely N-dealkylation sites (N-methyl/N-ethyl adjacent to an activating group) is 1. The molecule has 2 aromatic heterocycles. The minimum absolute atomic E-state index is 0.00277. The molecule has 2 aromatic carbocycles. The molecule has 2 heterocycles. The number of nitrogens with zero attached hydrogens (tertiary/aromatic N) is 2. The van der Waals surface area contributed by atoms with Crippen LogP contribution in [0.3, 0.4) is 0 Å². The molecule has 0 fully saturated rings. The first-order chi connectivity index (χ1) is 15.2. The summed E-state index contributed by atoms with van der Waals surface area (Å²) in [6, 6.07) is 8.91. The number of aliphatic hydroxyl groups is 1. The van der Waals surface area contributed by atoms with Crippen molar-refractivity contribution in [3.05, 3.63) is 46.2 Å². The average molecular weight is 425 g/mol. The van der Waals surface area contributed by atoms with Crippen molar-refractivity contribution in [3.8, 4) is 5.75 Å². The zero-order valence-corrected chi connectivity index (χ0v) is 17.4. The van der Waals surface area contributed by atoms with Crippen LogP contribution in [0.2, 0.25) is 0 Å². The number of fused-ring (bicyclic) bond motifs is 2. The molecule has 0 atom stereocenters. The lowest BCUT2D eigenvalue weighted by atomic mass is 10.0.